The maximum atomic E-state index is 6.06. The van der Waals surface area contributed by atoms with Crippen LogP contribution in [0.1, 0.15) is 12.5 Å². The van der Waals surface area contributed by atoms with Gasteiger partial charge >= 0.3 is 0 Å². The third kappa shape index (κ3) is 4.13. The van der Waals surface area contributed by atoms with E-state index in [1.807, 2.05) is 37.3 Å². The summed E-state index contributed by atoms with van der Waals surface area (Å²) in [7, 11) is 1.58. The summed E-state index contributed by atoms with van der Waals surface area (Å²) in [4.78, 5) is 0. The normalized spacial score (nSPS) is 10.6. The van der Waals surface area contributed by atoms with Crippen LogP contribution >= 0.6 is 11.6 Å². The van der Waals surface area contributed by atoms with Crippen molar-refractivity contribution in [3.8, 4) is 11.5 Å². The summed E-state index contributed by atoms with van der Waals surface area (Å²) in [5.41, 5.74) is 4.62. The Bertz CT molecular complexity index is 629. The van der Waals surface area contributed by atoms with Crippen LogP contribution < -0.4 is 14.9 Å². The van der Waals surface area contributed by atoms with Gasteiger partial charge in [0.05, 0.1) is 30.6 Å². The molecule has 5 heteroatoms. The van der Waals surface area contributed by atoms with Gasteiger partial charge in [0.25, 0.3) is 0 Å². The molecule has 0 amide bonds. The molecule has 0 aliphatic rings. The Balaban J connectivity index is 2.07. The lowest BCUT2D eigenvalue weighted by molar-refractivity contribution is 0.340. The number of nitrogens with zero attached hydrogens (tertiary/aromatic N) is 1. The molecule has 0 aliphatic carbocycles. The van der Waals surface area contributed by atoms with Gasteiger partial charge in [-0.1, -0.05) is 23.7 Å². The van der Waals surface area contributed by atoms with E-state index in [1.165, 1.54) is 0 Å². The van der Waals surface area contributed by atoms with Crippen molar-refractivity contribution in [2.75, 3.05) is 19.1 Å². The van der Waals surface area contributed by atoms with Crippen molar-refractivity contribution in [2.24, 2.45) is 5.10 Å². The molecule has 1 N–H and O–H groups in total. The van der Waals surface area contributed by atoms with Crippen LogP contribution in [0.25, 0.3) is 0 Å². The van der Waals surface area contributed by atoms with E-state index in [0.717, 1.165) is 17.0 Å². The lowest BCUT2D eigenvalue weighted by Crippen LogP contribution is -1.97. The van der Waals surface area contributed by atoms with Crippen LogP contribution in [0.15, 0.2) is 47.6 Å². The second-order valence-corrected chi connectivity index (χ2v) is 4.60. The summed E-state index contributed by atoms with van der Waals surface area (Å²) < 4.78 is 10.6. The first kappa shape index (κ1) is 15.2. The van der Waals surface area contributed by atoms with Crippen LogP contribution in [0.2, 0.25) is 5.02 Å². The maximum Gasteiger partial charge on any atom is 0.137 e. The van der Waals surface area contributed by atoms with Crippen molar-refractivity contribution in [3.05, 3.63) is 53.1 Å². The molecule has 4 nitrogen and oxygen atoms in total. The first-order chi connectivity index (χ1) is 10.2. The molecule has 0 saturated carbocycles. The van der Waals surface area contributed by atoms with Gasteiger partial charge in [0.2, 0.25) is 0 Å². The van der Waals surface area contributed by atoms with Gasteiger partial charge in [0.15, 0.2) is 0 Å². The van der Waals surface area contributed by atoms with Gasteiger partial charge < -0.3 is 9.47 Å². The highest BCUT2D eigenvalue weighted by Gasteiger charge is 2.01. The third-order valence-electron chi connectivity index (χ3n) is 2.77. The van der Waals surface area contributed by atoms with Crippen LogP contribution in [-0.4, -0.2) is 19.9 Å². The molecule has 110 valence electrons. The van der Waals surface area contributed by atoms with Gasteiger partial charge in [-0.3, -0.25) is 5.43 Å². The molecule has 0 aliphatic heterocycles. The van der Waals surface area contributed by atoms with Gasteiger partial charge in [0.1, 0.15) is 11.5 Å². The van der Waals surface area contributed by atoms with Gasteiger partial charge in [-0.2, -0.15) is 5.10 Å². The average Bonchev–Trinajstić information content (AvgIpc) is 2.49. The molecular formula is C16H17ClN2O2. The zero-order valence-corrected chi connectivity index (χ0v) is 12.7. The monoisotopic (exact) mass is 304 g/mol. The van der Waals surface area contributed by atoms with Crippen molar-refractivity contribution < 1.29 is 9.47 Å². The van der Waals surface area contributed by atoms with E-state index in [4.69, 9.17) is 21.1 Å². The molecular weight excluding hydrogens is 288 g/mol. The van der Waals surface area contributed by atoms with E-state index in [0.29, 0.717) is 17.4 Å². The van der Waals surface area contributed by atoms with Crippen molar-refractivity contribution in [1.29, 1.82) is 0 Å². The molecule has 2 rings (SSSR count). The van der Waals surface area contributed by atoms with E-state index in [2.05, 4.69) is 10.5 Å². The Hall–Kier alpha value is -2.20. The standard InChI is InChI=1S/C16H17ClN2O2/c1-3-21-15-7-5-4-6-12(15)11-18-19-13-8-9-16(20-2)14(17)10-13/h4-11,19H,3H2,1-2H3/b18-11+. The third-order valence-corrected chi connectivity index (χ3v) is 3.06. The van der Waals surface area contributed by atoms with Crippen LogP contribution in [0.3, 0.4) is 0 Å². The Kier molecular flexibility index (Phi) is 5.46. The number of ether oxygens (including phenoxy) is 2. The lowest BCUT2D eigenvalue weighted by Gasteiger charge is -2.07. The minimum absolute atomic E-state index is 0.535. The van der Waals surface area contributed by atoms with Gasteiger partial charge in [-0.25, -0.2) is 0 Å². The van der Waals surface area contributed by atoms with E-state index in [1.54, 1.807) is 25.5 Å². The molecule has 0 atom stereocenters. The Morgan fingerprint density at radius 1 is 1.19 bits per heavy atom. The molecule has 0 heterocycles. The number of hydrogen-bond donors (Lipinski definition) is 1. The van der Waals surface area contributed by atoms with E-state index < -0.39 is 0 Å². The van der Waals surface area contributed by atoms with Crippen LogP contribution in [0.4, 0.5) is 5.69 Å². The minimum atomic E-state index is 0.535. The molecule has 0 fully saturated rings. The predicted octanol–water partition coefficient (Wildman–Crippen LogP) is 4.19. The van der Waals surface area contributed by atoms with E-state index >= 15 is 0 Å². The van der Waals surface area contributed by atoms with Crippen molar-refractivity contribution in [3.63, 3.8) is 0 Å². The highest BCUT2D eigenvalue weighted by Crippen LogP contribution is 2.27. The molecule has 21 heavy (non-hydrogen) atoms. The predicted molar refractivity (Wildman–Crippen MR) is 86.8 cm³/mol. The molecule has 2 aromatic carbocycles. The second kappa shape index (κ2) is 7.55. The summed E-state index contributed by atoms with van der Waals surface area (Å²) in [5.74, 6) is 1.44. The number of rotatable bonds is 6. The fourth-order valence-electron chi connectivity index (χ4n) is 1.79. The highest BCUT2D eigenvalue weighted by atomic mass is 35.5. The number of halogens is 1. The number of nitrogens with one attached hydrogen (secondary N) is 1. The lowest BCUT2D eigenvalue weighted by atomic mass is 10.2. The van der Waals surface area contributed by atoms with Crippen molar-refractivity contribution in [1.82, 2.24) is 0 Å². The molecule has 0 saturated heterocycles. The topological polar surface area (TPSA) is 42.8 Å². The molecule has 2 aromatic rings. The fraction of sp³-hybridized carbons (Fsp3) is 0.188. The minimum Gasteiger partial charge on any atom is -0.495 e. The number of anilines is 1. The maximum absolute atomic E-state index is 6.06. The quantitative estimate of drug-likeness (QED) is 0.642. The Labute approximate surface area is 129 Å². The SMILES string of the molecule is CCOc1ccccc1/C=N/Nc1ccc(OC)c(Cl)c1. The molecule has 0 aromatic heterocycles. The van der Waals surface area contributed by atoms with Crippen LogP contribution in [-0.2, 0) is 0 Å². The Morgan fingerprint density at radius 3 is 2.71 bits per heavy atom. The molecule has 0 spiro atoms. The van der Waals surface area contributed by atoms with Crippen molar-refractivity contribution in [2.45, 2.75) is 6.92 Å². The van der Waals surface area contributed by atoms with Gasteiger partial charge in [-0.15, -0.1) is 0 Å². The highest BCUT2D eigenvalue weighted by molar-refractivity contribution is 6.32. The summed E-state index contributed by atoms with van der Waals surface area (Å²) >= 11 is 6.06. The number of hydrazone groups is 1. The largest absolute Gasteiger partial charge is 0.495 e. The number of para-hydroxylation sites is 1. The molecule has 0 bridgehead atoms. The summed E-state index contributed by atoms with van der Waals surface area (Å²) in [6.07, 6.45) is 1.71. The zero-order chi connectivity index (χ0) is 15.1. The number of methoxy groups -OCH3 is 1. The molecule has 0 radical (unpaired) electrons. The summed E-state index contributed by atoms with van der Waals surface area (Å²) in [5, 5.41) is 4.73. The number of hydrogen-bond acceptors (Lipinski definition) is 4. The first-order valence-electron chi connectivity index (χ1n) is 6.59. The Morgan fingerprint density at radius 2 is 2.00 bits per heavy atom. The average molecular weight is 305 g/mol. The second-order valence-electron chi connectivity index (χ2n) is 4.19. The zero-order valence-electron chi connectivity index (χ0n) is 12.0. The van der Waals surface area contributed by atoms with Crippen LogP contribution in [0.5, 0.6) is 11.5 Å². The van der Waals surface area contributed by atoms with E-state index in [-0.39, 0.29) is 0 Å². The van der Waals surface area contributed by atoms with Crippen LogP contribution in [0, 0.1) is 0 Å². The number of benzene rings is 2. The van der Waals surface area contributed by atoms with E-state index in [9.17, 15) is 0 Å². The molecule has 0 unspecified atom stereocenters. The smallest absolute Gasteiger partial charge is 0.137 e. The van der Waals surface area contributed by atoms with Gasteiger partial charge in [0, 0.05) is 5.56 Å². The first-order valence-corrected chi connectivity index (χ1v) is 6.97. The van der Waals surface area contributed by atoms with Crippen molar-refractivity contribution >= 4 is 23.5 Å². The fourth-order valence-corrected chi connectivity index (χ4v) is 2.04. The summed E-state index contributed by atoms with van der Waals surface area (Å²) in [6, 6.07) is 13.1. The summed E-state index contributed by atoms with van der Waals surface area (Å²) in [6.45, 7) is 2.57. The van der Waals surface area contributed by atoms with Gasteiger partial charge in [-0.05, 0) is 37.3 Å².